The van der Waals surface area contributed by atoms with Crippen molar-refractivity contribution in [3.05, 3.63) is 161 Å². The molecular formula is C40H31BrN2O4S. The molecule has 6 aromatic rings. The minimum Gasteiger partial charge on any atom is -0.496 e. The van der Waals surface area contributed by atoms with Crippen molar-refractivity contribution in [3.8, 4) is 17.2 Å². The standard InChI is InChI=1S/C40H31BrN2O4S/c1-45-33-17-8-7-16-30(33)37-31-19-18-26-11-4-6-15-29(26)36(31)42-40-43(37)39(44)35(48-40)22-24-20-32(41)38(34(21-24)46-2)47-23-27-13-9-12-25-10-3-5-14-28(25)27/h3-17,20-22,37H,18-19,23H2,1-2H3/b35-22+. The molecule has 0 fully saturated rings. The van der Waals surface area contributed by atoms with Crippen molar-refractivity contribution in [1.82, 2.24) is 4.57 Å². The average molecular weight is 716 g/mol. The zero-order chi connectivity index (χ0) is 32.8. The van der Waals surface area contributed by atoms with Gasteiger partial charge in [0.25, 0.3) is 5.56 Å². The first kappa shape index (κ1) is 30.4. The topological polar surface area (TPSA) is 62.0 Å². The fraction of sp³-hybridized carbons (Fsp3) is 0.150. The van der Waals surface area contributed by atoms with Gasteiger partial charge in [-0.25, -0.2) is 4.99 Å². The van der Waals surface area contributed by atoms with Gasteiger partial charge in [-0.15, -0.1) is 0 Å². The lowest BCUT2D eigenvalue weighted by atomic mass is 9.83. The maximum Gasteiger partial charge on any atom is 0.271 e. The summed E-state index contributed by atoms with van der Waals surface area (Å²) in [6.45, 7) is 0.380. The van der Waals surface area contributed by atoms with Crippen molar-refractivity contribution in [2.24, 2.45) is 4.99 Å². The predicted molar refractivity (Wildman–Crippen MR) is 195 cm³/mol. The average Bonchev–Trinajstić information content (AvgIpc) is 3.43. The number of hydrogen-bond acceptors (Lipinski definition) is 6. The number of hydrogen-bond donors (Lipinski definition) is 0. The molecule has 0 saturated carbocycles. The number of rotatable bonds is 7. The minimum atomic E-state index is -0.325. The number of para-hydroxylation sites is 1. The Morgan fingerprint density at radius 2 is 1.67 bits per heavy atom. The Bertz CT molecular complexity index is 2440. The fourth-order valence-electron chi connectivity index (χ4n) is 6.87. The Hall–Kier alpha value is -4.92. The lowest BCUT2D eigenvalue weighted by molar-refractivity contribution is 0.283. The first-order valence-corrected chi connectivity index (χ1v) is 17.4. The van der Waals surface area contributed by atoms with Crippen molar-refractivity contribution in [3.63, 3.8) is 0 Å². The summed E-state index contributed by atoms with van der Waals surface area (Å²) in [6, 6.07) is 34.4. The third kappa shape index (κ3) is 5.25. The van der Waals surface area contributed by atoms with E-state index in [9.17, 15) is 4.79 Å². The molecule has 0 spiro atoms. The van der Waals surface area contributed by atoms with E-state index < -0.39 is 0 Å². The van der Waals surface area contributed by atoms with Gasteiger partial charge in [0.1, 0.15) is 12.4 Å². The van der Waals surface area contributed by atoms with Crippen LogP contribution in [0.1, 0.15) is 40.3 Å². The summed E-state index contributed by atoms with van der Waals surface area (Å²) in [5, 5.41) is 2.32. The smallest absolute Gasteiger partial charge is 0.271 e. The third-order valence-corrected chi connectivity index (χ3v) is 10.7. The molecule has 48 heavy (non-hydrogen) atoms. The Kier molecular flexibility index (Phi) is 7.98. The van der Waals surface area contributed by atoms with E-state index in [1.54, 1.807) is 14.2 Å². The van der Waals surface area contributed by atoms with Gasteiger partial charge in [0.05, 0.1) is 35.0 Å². The number of aryl methyl sites for hydroxylation is 1. The van der Waals surface area contributed by atoms with Gasteiger partial charge >= 0.3 is 0 Å². The number of benzene rings is 5. The lowest BCUT2D eigenvalue weighted by Gasteiger charge is -2.31. The molecule has 1 aliphatic carbocycles. The number of nitrogens with zero attached hydrogens (tertiary/aromatic N) is 2. The first-order valence-electron chi connectivity index (χ1n) is 15.8. The first-order chi connectivity index (χ1) is 23.5. The molecule has 2 heterocycles. The molecule has 0 saturated heterocycles. The fourth-order valence-corrected chi connectivity index (χ4v) is 8.45. The van der Waals surface area contributed by atoms with Crippen molar-refractivity contribution in [2.75, 3.05) is 14.2 Å². The van der Waals surface area contributed by atoms with Crippen LogP contribution in [-0.4, -0.2) is 18.8 Å². The van der Waals surface area contributed by atoms with E-state index in [1.807, 2.05) is 59.2 Å². The number of thiazole rings is 1. The summed E-state index contributed by atoms with van der Waals surface area (Å²) in [5.74, 6) is 1.92. The highest BCUT2D eigenvalue weighted by atomic mass is 79.9. The maximum absolute atomic E-state index is 14.3. The van der Waals surface area contributed by atoms with E-state index in [0.717, 1.165) is 62.0 Å². The van der Waals surface area contributed by atoms with E-state index in [4.69, 9.17) is 19.2 Å². The molecule has 1 unspecified atom stereocenters. The van der Waals surface area contributed by atoms with E-state index in [1.165, 1.54) is 22.3 Å². The molecule has 1 aromatic heterocycles. The SMILES string of the molecule is COc1ccccc1C1C2=C(N=c3s/c(=C/c4cc(Br)c(OCc5cccc6ccccc56)c(OC)c4)c(=O)n31)c1ccccc1CC2. The van der Waals surface area contributed by atoms with E-state index in [-0.39, 0.29) is 11.6 Å². The zero-order valence-electron chi connectivity index (χ0n) is 26.4. The molecular weight excluding hydrogens is 684 g/mol. The highest BCUT2D eigenvalue weighted by molar-refractivity contribution is 9.10. The van der Waals surface area contributed by atoms with Crippen LogP contribution in [0.3, 0.4) is 0 Å². The summed E-state index contributed by atoms with van der Waals surface area (Å²) < 4.78 is 21.1. The molecule has 8 rings (SSSR count). The van der Waals surface area contributed by atoms with Crippen LogP contribution in [0.5, 0.6) is 17.2 Å². The summed E-state index contributed by atoms with van der Waals surface area (Å²) in [5.41, 5.74) is 7.25. The Labute approximate surface area is 290 Å². The molecule has 1 aliphatic heterocycles. The van der Waals surface area contributed by atoms with E-state index >= 15 is 0 Å². The van der Waals surface area contributed by atoms with Crippen molar-refractivity contribution >= 4 is 49.8 Å². The summed E-state index contributed by atoms with van der Waals surface area (Å²) in [6.07, 6.45) is 3.61. The number of ether oxygens (including phenoxy) is 3. The van der Waals surface area contributed by atoms with Gasteiger partial charge in [0, 0.05) is 11.1 Å². The van der Waals surface area contributed by atoms with Crippen LogP contribution in [0.25, 0.3) is 22.5 Å². The summed E-state index contributed by atoms with van der Waals surface area (Å²) in [7, 11) is 3.30. The highest BCUT2D eigenvalue weighted by Crippen LogP contribution is 2.43. The van der Waals surface area contributed by atoms with Crippen LogP contribution in [0, 0.1) is 0 Å². The second-order valence-corrected chi connectivity index (χ2v) is 13.7. The molecule has 0 N–H and O–H groups in total. The van der Waals surface area contributed by atoms with Gasteiger partial charge in [-0.1, -0.05) is 96.3 Å². The maximum atomic E-state index is 14.3. The number of fused-ring (bicyclic) bond motifs is 4. The Morgan fingerprint density at radius 1 is 0.896 bits per heavy atom. The van der Waals surface area contributed by atoms with Crippen LogP contribution in [0.15, 0.2) is 123 Å². The number of methoxy groups -OCH3 is 2. The molecule has 8 heteroatoms. The van der Waals surface area contributed by atoms with Gasteiger partial charge < -0.3 is 14.2 Å². The lowest BCUT2D eigenvalue weighted by Crippen LogP contribution is -2.39. The van der Waals surface area contributed by atoms with Gasteiger partial charge in [-0.3, -0.25) is 9.36 Å². The quantitative estimate of drug-likeness (QED) is 0.169. The van der Waals surface area contributed by atoms with Crippen molar-refractivity contribution < 1.29 is 14.2 Å². The number of allylic oxidation sites excluding steroid dienone is 1. The molecule has 0 radical (unpaired) electrons. The molecule has 1 atom stereocenters. The molecule has 0 bridgehead atoms. The molecule has 238 valence electrons. The van der Waals surface area contributed by atoms with E-state index in [2.05, 4.69) is 70.5 Å². The second-order valence-electron chi connectivity index (χ2n) is 11.8. The van der Waals surface area contributed by atoms with Crippen molar-refractivity contribution in [1.29, 1.82) is 0 Å². The highest BCUT2D eigenvalue weighted by Gasteiger charge is 2.34. The molecule has 0 amide bonds. The number of halogens is 1. The van der Waals surface area contributed by atoms with Gasteiger partial charge in [-0.05, 0) is 86.1 Å². The Morgan fingerprint density at radius 3 is 2.54 bits per heavy atom. The van der Waals surface area contributed by atoms with Crippen LogP contribution in [-0.2, 0) is 13.0 Å². The largest absolute Gasteiger partial charge is 0.496 e. The summed E-state index contributed by atoms with van der Waals surface area (Å²) >= 11 is 5.12. The van der Waals surface area contributed by atoms with Gasteiger partial charge in [0.15, 0.2) is 16.3 Å². The molecule has 2 aliphatic rings. The van der Waals surface area contributed by atoms with Crippen molar-refractivity contribution in [2.45, 2.75) is 25.5 Å². The van der Waals surface area contributed by atoms with Crippen LogP contribution in [0.2, 0.25) is 0 Å². The van der Waals surface area contributed by atoms with Crippen LogP contribution >= 0.6 is 27.3 Å². The molecule has 6 nitrogen and oxygen atoms in total. The normalized spacial score (nSPS) is 15.4. The second kappa shape index (κ2) is 12.6. The predicted octanol–water partition coefficient (Wildman–Crippen LogP) is 7.83. The Balaban J connectivity index is 1.22. The van der Waals surface area contributed by atoms with Gasteiger partial charge in [-0.2, -0.15) is 0 Å². The monoisotopic (exact) mass is 714 g/mol. The minimum absolute atomic E-state index is 0.0913. The van der Waals surface area contributed by atoms with Crippen LogP contribution < -0.4 is 29.1 Å². The number of aromatic nitrogens is 1. The van der Waals surface area contributed by atoms with Gasteiger partial charge in [0.2, 0.25) is 0 Å². The zero-order valence-corrected chi connectivity index (χ0v) is 28.8. The van der Waals surface area contributed by atoms with E-state index in [0.29, 0.717) is 27.4 Å². The van der Waals surface area contributed by atoms with Crippen LogP contribution in [0.4, 0.5) is 0 Å². The third-order valence-electron chi connectivity index (χ3n) is 9.11. The summed E-state index contributed by atoms with van der Waals surface area (Å²) in [4.78, 5) is 20.2. The molecule has 5 aromatic carbocycles.